The number of nitrogens with one attached hydrogen (secondary N) is 2. The average Bonchev–Trinajstić information content (AvgIpc) is 2.41. The number of benzene rings is 1. The van der Waals surface area contributed by atoms with Gasteiger partial charge in [-0.25, -0.2) is 5.10 Å². The number of H-pyrrole nitrogens is 1. The molecule has 0 atom stereocenters. The number of nitrogens with zero attached hydrogens (tertiary/aromatic N) is 1. The Bertz CT molecular complexity index is 634. The minimum absolute atomic E-state index is 0.162. The molecule has 0 aliphatic rings. The van der Waals surface area contributed by atoms with Crippen LogP contribution in [0.4, 0.5) is 11.5 Å². The molecule has 4 N–H and O–H groups in total. The van der Waals surface area contributed by atoms with Gasteiger partial charge in [0.25, 0.3) is 5.56 Å². The minimum atomic E-state index is -0.326. The molecule has 0 saturated carbocycles. The maximum Gasteiger partial charge on any atom is 0.264 e. The molecular weight excluding hydrogens is 260 g/mol. The van der Waals surface area contributed by atoms with Crippen LogP contribution in [0.2, 0.25) is 0 Å². The number of nitrogens with two attached hydrogens (primary N) is 1. The van der Waals surface area contributed by atoms with Crippen molar-refractivity contribution in [3.05, 3.63) is 46.8 Å². The van der Waals surface area contributed by atoms with Crippen LogP contribution in [0.1, 0.15) is 6.42 Å². The van der Waals surface area contributed by atoms with Crippen molar-refractivity contribution in [3.63, 3.8) is 0 Å². The van der Waals surface area contributed by atoms with E-state index in [0.717, 1.165) is 0 Å². The van der Waals surface area contributed by atoms with Gasteiger partial charge < -0.3 is 15.8 Å². The van der Waals surface area contributed by atoms with E-state index >= 15 is 0 Å². The monoisotopic (exact) mass is 274 g/mol. The zero-order chi connectivity index (χ0) is 14.4. The molecule has 0 unspecified atom stereocenters. The molecule has 2 rings (SSSR count). The molecule has 0 radical (unpaired) electrons. The van der Waals surface area contributed by atoms with Crippen LogP contribution < -0.4 is 21.3 Å². The molecule has 2 aromatic rings. The zero-order valence-electron chi connectivity index (χ0n) is 10.6. The first-order chi connectivity index (χ1) is 9.63. The third-order valence-electron chi connectivity index (χ3n) is 2.40. The van der Waals surface area contributed by atoms with Crippen molar-refractivity contribution in [2.24, 2.45) is 0 Å². The predicted octanol–water partition coefficient (Wildman–Crippen LogP) is 0.760. The van der Waals surface area contributed by atoms with Gasteiger partial charge in [0, 0.05) is 17.8 Å². The van der Waals surface area contributed by atoms with E-state index in [2.05, 4.69) is 15.5 Å². The van der Waals surface area contributed by atoms with E-state index in [1.54, 1.807) is 24.3 Å². The highest BCUT2D eigenvalue weighted by Crippen LogP contribution is 2.14. The summed E-state index contributed by atoms with van der Waals surface area (Å²) in [6, 6.07) is 9.68. The van der Waals surface area contributed by atoms with E-state index in [0.29, 0.717) is 17.3 Å². The van der Waals surface area contributed by atoms with Gasteiger partial charge in [-0.2, -0.15) is 5.10 Å². The third-order valence-corrected chi connectivity index (χ3v) is 2.40. The fraction of sp³-hybridized carbons (Fsp3) is 0.154. The Morgan fingerprint density at radius 1 is 1.35 bits per heavy atom. The molecule has 7 heteroatoms. The average molecular weight is 274 g/mol. The number of aromatic amines is 1. The Morgan fingerprint density at radius 3 is 2.90 bits per heavy atom. The van der Waals surface area contributed by atoms with E-state index in [1.807, 2.05) is 0 Å². The van der Waals surface area contributed by atoms with Crippen LogP contribution in [0.15, 0.2) is 41.2 Å². The summed E-state index contributed by atoms with van der Waals surface area (Å²) in [5.74, 6) is 0.645. The first-order valence-electron chi connectivity index (χ1n) is 5.97. The van der Waals surface area contributed by atoms with Gasteiger partial charge in [-0.3, -0.25) is 9.59 Å². The summed E-state index contributed by atoms with van der Waals surface area (Å²) in [4.78, 5) is 22.4. The van der Waals surface area contributed by atoms with Crippen LogP contribution in [0.5, 0.6) is 5.75 Å². The number of anilines is 2. The predicted molar refractivity (Wildman–Crippen MR) is 74.5 cm³/mol. The third kappa shape index (κ3) is 4.13. The number of hydrogen-bond donors (Lipinski definition) is 3. The Hall–Kier alpha value is -2.83. The Kier molecular flexibility index (Phi) is 4.33. The van der Waals surface area contributed by atoms with Gasteiger partial charge in [0.05, 0.1) is 13.0 Å². The van der Waals surface area contributed by atoms with E-state index in [1.165, 1.54) is 12.1 Å². The van der Waals surface area contributed by atoms with Crippen LogP contribution in [0, 0.1) is 0 Å². The van der Waals surface area contributed by atoms with Crippen LogP contribution in [-0.4, -0.2) is 22.7 Å². The highest BCUT2D eigenvalue weighted by molar-refractivity contribution is 5.89. The lowest BCUT2D eigenvalue weighted by atomic mass is 10.3. The summed E-state index contributed by atoms with van der Waals surface area (Å²) in [5.41, 5.74) is 5.88. The minimum Gasteiger partial charge on any atom is -0.493 e. The summed E-state index contributed by atoms with van der Waals surface area (Å²) in [6.45, 7) is 0.221. The highest BCUT2D eigenvalue weighted by atomic mass is 16.5. The van der Waals surface area contributed by atoms with Crippen LogP contribution in [0.3, 0.4) is 0 Å². The maximum absolute atomic E-state index is 11.6. The smallest absolute Gasteiger partial charge is 0.264 e. The van der Waals surface area contributed by atoms with Gasteiger partial charge in [0.1, 0.15) is 5.75 Å². The number of nitrogen functional groups attached to an aromatic ring is 1. The lowest BCUT2D eigenvalue weighted by Gasteiger charge is -2.07. The Labute approximate surface area is 114 Å². The first kappa shape index (κ1) is 13.6. The van der Waals surface area contributed by atoms with Gasteiger partial charge in [-0.1, -0.05) is 6.07 Å². The van der Waals surface area contributed by atoms with E-state index in [9.17, 15) is 9.59 Å². The normalized spacial score (nSPS) is 10.0. The number of carbonyl (C=O) groups excluding carboxylic acids is 1. The van der Waals surface area contributed by atoms with E-state index in [-0.39, 0.29) is 24.5 Å². The van der Waals surface area contributed by atoms with Gasteiger partial charge in [0.2, 0.25) is 5.91 Å². The fourth-order valence-corrected chi connectivity index (χ4v) is 1.49. The largest absolute Gasteiger partial charge is 0.493 e. The maximum atomic E-state index is 11.6. The molecule has 104 valence electrons. The summed E-state index contributed by atoms with van der Waals surface area (Å²) in [5, 5.41) is 8.44. The first-order valence-corrected chi connectivity index (χ1v) is 5.97. The molecule has 1 aromatic heterocycles. The molecule has 0 spiro atoms. The molecule has 1 heterocycles. The standard InChI is InChI=1S/C13H14N4O3/c14-9-2-1-3-10(8-9)20-7-6-12(18)15-11-4-5-13(19)17-16-11/h1-5,8H,6-7,14H2,(H,17,19)(H,15,16,18). The summed E-state index contributed by atoms with van der Waals surface area (Å²) in [7, 11) is 0. The van der Waals surface area contributed by atoms with Gasteiger partial charge in [-0.05, 0) is 18.2 Å². The highest BCUT2D eigenvalue weighted by Gasteiger charge is 2.04. The molecule has 0 aliphatic carbocycles. The van der Waals surface area contributed by atoms with Gasteiger partial charge in [-0.15, -0.1) is 0 Å². The molecule has 20 heavy (non-hydrogen) atoms. The number of rotatable bonds is 5. The van der Waals surface area contributed by atoms with Crippen LogP contribution >= 0.6 is 0 Å². The van der Waals surface area contributed by atoms with Crippen molar-refractivity contribution in [3.8, 4) is 5.75 Å². The molecular formula is C13H14N4O3. The topological polar surface area (TPSA) is 110 Å². The second-order valence-corrected chi connectivity index (χ2v) is 4.03. The molecule has 1 aromatic carbocycles. The number of ether oxygens (including phenoxy) is 1. The number of hydrogen-bond acceptors (Lipinski definition) is 5. The van der Waals surface area contributed by atoms with Crippen molar-refractivity contribution >= 4 is 17.4 Å². The molecule has 0 saturated heterocycles. The Balaban J connectivity index is 1.78. The number of carbonyl (C=O) groups is 1. The molecule has 7 nitrogen and oxygen atoms in total. The fourth-order valence-electron chi connectivity index (χ4n) is 1.49. The zero-order valence-corrected chi connectivity index (χ0v) is 10.6. The molecule has 0 bridgehead atoms. The summed E-state index contributed by atoms with van der Waals surface area (Å²) in [6.07, 6.45) is 0.162. The van der Waals surface area contributed by atoms with Crippen molar-refractivity contribution in [1.29, 1.82) is 0 Å². The van der Waals surface area contributed by atoms with Crippen molar-refractivity contribution < 1.29 is 9.53 Å². The number of amides is 1. The quantitative estimate of drug-likeness (QED) is 0.697. The van der Waals surface area contributed by atoms with E-state index in [4.69, 9.17) is 10.5 Å². The molecule has 0 fully saturated rings. The summed E-state index contributed by atoms with van der Waals surface area (Å²) >= 11 is 0. The van der Waals surface area contributed by atoms with Crippen LogP contribution in [-0.2, 0) is 4.79 Å². The van der Waals surface area contributed by atoms with Gasteiger partial charge >= 0.3 is 0 Å². The molecule has 0 aliphatic heterocycles. The second-order valence-electron chi connectivity index (χ2n) is 4.03. The summed E-state index contributed by atoms with van der Waals surface area (Å²) < 4.78 is 5.40. The van der Waals surface area contributed by atoms with Crippen LogP contribution in [0.25, 0.3) is 0 Å². The SMILES string of the molecule is Nc1cccc(OCCC(=O)Nc2ccc(=O)[nH]n2)c1. The molecule has 1 amide bonds. The lowest BCUT2D eigenvalue weighted by molar-refractivity contribution is -0.116. The van der Waals surface area contributed by atoms with Gasteiger partial charge in [0.15, 0.2) is 5.82 Å². The van der Waals surface area contributed by atoms with E-state index < -0.39 is 0 Å². The Morgan fingerprint density at radius 2 is 2.20 bits per heavy atom. The van der Waals surface area contributed by atoms with Crippen molar-refractivity contribution in [2.45, 2.75) is 6.42 Å². The van der Waals surface area contributed by atoms with Crippen molar-refractivity contribution in [2.75, 3.05) is 17.7 Å². The van der Waals surface area contributed by atoms with Crippen molar-refractivity contribution in [1.82, 2.24) is 10.2 Å². The lowest BCUT2D eigenvalue weighted by Crippen LogP contribution is -2.17. The second kappa shape index (κ2) is 6.37. The number of aromatic nitrogens is 2.